The van der Waals surface area contributed by atoms with Gasteiger partial charge in [0.15, 0.2) is 5.82 Å². The van der Waals surface area contributed by atoms with E-state index in [9.17, 15) is 4.79 Å². The van der Waals surface area contributed by atoms with Crippen LogP contribution >= 0.6 is 0 Å². The number of rotatable bonds is 4. The summed E-state index contributed by atoms with van der Waals surface area (Å²) in [4.78, 5) is 13.2. The van der Waals surface area contributed by atoms with E-state index in [0.717, 1.165) is 29.8 Å². The highest BCUT2D eigenvalue weighted by molar-refractivity contribution is 5.85. The van der Waals surface area contributed by atoms with Gasteiger partial charge in [-0.1, -0.05) is 36.4 Å². The lowest BCUT2D eigenvalue weighted by molar-refractivity contribution is -0.123. The van der Waals surface area contributed by atoms with Crippen LogP contribution in [0.15, 0.2) is 54.6 Å². The predicted molar refractivity (Wildman–Crippen MR) is 111 cm³/mol. The molecule has 3 aromatic rings. The van der Waals surface area contributed by atoms with Crippen molar-refractivity contribution in [3.05, 3.63) is 66.0 Å². The van der Waals surface area contributed by atoms with Crippen molar-refractivity contribution < 1.29 is 9.53 Å². The van der Waals surface area contributed by atoms with Gasteiger partial charge in [0.1, 0.15) is 11.4 Å². The van der Waals surface area contributed by atoms with Crippen LogP contribution < -0.4 is 10.1 Å². The number of nitrogens with zero attached hydrogens (tertiary/aromatic N) is 4. The first kappa shape index (κ1) is 18.8. The quantitative estimate of drug-likeness (QED) is 0.722. The first-order valence-electron chi connectivity index (χ1n) is 10.3. The van der Waals surface area contributed by atoms with Crippen LogP contribution in [0.5, 0.6) is 5.75 Å². The van der Waals surface area contributed by atoms with Crippen molar-refractivity contribution in [1.82, 2.24) is 25.5 Å². The highest BCUT2D eigenvalue weighted by Crippen LogP contribution is 2.63. The summed E-state index contributed by atoms with van der Waals surface area (Å²) in [5.41, 5.74) is 1.55. The number of para-hydroxylation sites is 2. The second kappa shape index (κ2) is 6.65. The summed E-state index contributed by atoms with van der Waals surface area (Å²) in [5, 5.41) is 15.2. The molecule has 0 saturated heterocycles. The fraction of sp³-hybridized carbons (Fsp3) is 0.391. The lowest BCUT2D eigenvalue weighted by Crippen LogP contribution is -2.41. The minimum atomic E-state index is -0.312. The molecule has 30 heavy (non-hydrogen) atoms. The van der Waals surface area contributed by atoms with E-state index in [-0.39, 0.29) is 28.9 Å². The molecule has 7 heteroatoms. The molecule has 1 aliphatic heterocycles. The molecule has 1 amide bonds. The molecule has 2 aliphatic rings. The van der Waals surface area contributed by atoms with E-state index in [1.165, 1.54) is 0 Å². The second-order valence-corrected chi connectivity index (χ2v) is 8.96. The highest BCUT2D eigenvalue weighted by Gasteiger charge is 2.64. The maximum Gasteiger partial charge on any atom is 0.224 e. The molecule has 0 bridgehead atoms. The lowest BCUT2D eigenvalue weighted by atomic mass is 9.80. The van der Waals surface area contributed by atoms with Crippen LogP contribution in [-0.2, 0) is 10.2 Å². The average molecular weight is 403 g/mol. The largest absolute Gasteiger partial charge is 0.488 e. The van der Waals surface area contributed by atoms with Crippen LogP contribution in [0.3, 0.4) is 0 Å². The smallest absolute Gasteiger partial charge is 0.224 e. The molecular formula is C23H25N5O2. The van der Waals surface area contributed by atoms with E-state index in [1.807, 2.05) is 55.5 Å². The summed E-state index contributed by atoms with van der Waals surface area (Å²) in [6, 6.07) is 17.5. The zero-order valence-electron chi connectivity index (χ0n) is 17.4. The van der Waals surface area contributed by atoms with Gasteiger partial charge in [0, 0.05) is 16.9 Å². The van der Waals surface area contributed by atoms with Crippen LogP contribution in [0.25, 0.3) is 5.69 Å². The van der Waals surface area contributed by atoms with Crippen molar-refractivity contribution >= 4 is 5.91 Å². The van der Waals surface area contributed by atoms with Gasteiger partial charge in [-0.3, -0.25) is 4.79 Å². The maximum absolute atomic E-state index is 13.2. The zero-order valence-corrected chi connectivity index (χ0v) is 17.4. The monoisotopic (exact) mass is 403 g/mol. The number of amides is 1. The molecule has 2 aromatic carbocycles. The van der Waals surface area contributed by atoms with Gasteiger partial charge in [-0.25, -0.2) is 0 Å². The van der Waals surface area contributed by atoms with E-state index in [0.29, 0.717) is 5.82 Å². The number of fused-ring (bicyclic) bond motifs is 2. The SMILES string of the molecule is CC(NC(=O)[C@H]1C[C@@]12CC(C)(C)Oc1ccccc12)c1nnnn1-c1ccccc1. The van der Waals surface area contributed by atoms with Crippen LogP contribution in [0, 0.1) is 5.92 Å². The van der Waals surface area contributed by atoms with E-state index in [1.54, 1.807) is 4.68 Å². The van der Waals surface area contributed by atoms with Crippen molar-refractivity contribution in [2.24, 2.45) is 5.92 Å². The number of aromatic nitrogens is 4. The number of nitrogens with one attached hydrogen (secondary N) is 1. The Labute approximate surface area is 175 Å². The number of carbonyl (C=O) groups is 1. The maximum atomic E-state index is 13.2. The Morgan fingerprint density at radius 1 is 1.17 bits per heavy atom. The average Bonchev–Trinajstić information content (AvgIpc) is 3.20. The first-order chi connectivity index (χ1) is 14.4. The van der Waals surface area contributed by atoms with Crippen LogP contribution in [0.4, 0.5) is 0 Å². The summed E-state index contributed by atoms with van der Waals surface area (Å²) < 4.78 is 7.83. The Bertz CT molecular complexity index is 1090. The molecule has 1 saturated carbocycles. The Kier molecular flexibility index (Phi) is 4.17. The fourth-order valence-electron chi connectivity index (χ4n) is 4.89. The van der Waals surface area contributed by atoms with Gasteiger partial charge < -0.3 is 10.1 Å². The van der Waals surface area contributed by atoms with E-state index in [2.05, 4.69) is 40.8 Å². The predicted octanol–water partition coefficient (Wildman–Crippen LogP) is 3.36. The van der Waals surface area contributed by atoms with E-state index < -0.39 is 0 Å². The van der Waals surface area contributed by atoms with Crippen LogP contribution in [0.2, 0.25) is 0 Å². The molecule has 2 heterocycles. The second-order valence-electron chi connectivity index (χ2n) is 8.96. The summed E-state index contributed by atoms with van der Waals surface area (Å²) >= 11 is 0. The van der Waals surface area contributed by atoms with Gasteiger partial charge in [0.25, 0.3) is 0 Å². The topological polar surface area (TPSA) is 81.9 Å². The number of ether oxygens (including phenoxy) is 1. The molecule has 7 nitrogen and oxygen atoms in total. The van der Waals surface area contributed by atoms with E-state index in [4.69, 9.17) is 4.74 Å². The van der Waals surface area contributed by atoms with Crippen LogP contribution in [0.1, 0.15) is 51.0 Å². The molecule has 1 fully saturated rings. The van der Waals surface area contributed by atoms with Crippen LogP contribution in [-0.4, -0.2) is 31.7 Å². The minimum Gasteiger partial charge on any atom is -0.488 e. The molecular weight excluding hydrogens is 378 g/mol. The van der Waals surface area contributed by atoms with Gasteiger partial charge in [-0.05, 0) is 62.2 Å². The molecule has 1 spiro atoms. The summed E-state index contributed by atoms with van der Waals surface area (Å²) in [7, 11) is 0. The highest BCUT2D eigenvalue weighted by atomic mass is 16.5. The van der Waals surface area contributed by atoms with Gasteiger partial charge in [0.2, 0.25) is 5.91 Å². The van der Waals surface area contributed by atoms with Crippen molar-refractivity contribution in [1.29, 1.82) is 0 Å². The Balaban J connectivity index is 1.37. The van der Waals surface area contributed by atoms with Gasteiger partial charge >= 0.3 is 0 Å². The summed E-state index contributed by atoms with van der Waals surface area (Å²) in [5.74, 6) is 1.46. The Hall–Kier alpha value is -3.22. The normalized spacial score (nSPS) is 24.6. The van der Waals surface area contributed by atoms with Gasteiger partial charge in [-0.2, -0.15) is 4.68 Å². The lowest BCUT2D eigenvalue weighted by Gasteiger charge is -2.38. The number of benzene rings is 2. The third-order valence-electron chi connectivity index (χ3n) is 6.18. The Morgan fingerprint density at radius 2 is 1.90 bits per heavy atom. The van der Waals surface area contributed by atoms with Gasteiger partial charge in [0.05, 0.1) is 11.7 Å². The first-order valence-corrected chi connectivity index (χ1v) is 10.3. The minimum absolute atomic E-state index is 0.0395. The van der Waals surface area contributed by atoms with Crippen molar-refractivity contribution in [2.45, 2.75) is 50.7 Å². The number of hydrogen-bond acceptors (Lipinski definition) is 5. The third kappa shape index (κ3) is 3.05. The third-order valence-corrected chi connectivity index (χ3v) is 6.18. The molecule has 0 radical (unpaired) electrons. The number of hydrogen-bond donors (Lipinski definition) is 1. The zero-order chi connectivity index (χ0) is 20.9. The molecule has 3 atom stereocenters. The molecule has 1 aliphatic carbocycles. The summed E-state index contributed by atoms with van der Waals surface area (Å²) in [6.07, 6.45) is 1.66. The molecule has 5 rings (SSSR count). The fourth-order valence-corrected chi connectivity index (χ4v) is 4.89. The van der Waals surface area contributed by atoms with Crippen molar-refractivity contribution in [3.63, 3.8) is 0 Å². The Morgan fingerprint density at radius 3 is 2.70 bits per heavy atom. The summed E-state index contributed by atoms with van der Waals surface area (Å²) in [6.45, 7) is 6.10. The number of carbonyl (C=O) groups excluding carboxylic acids is 1. The number of tetrazole rings is 1. The molecule has 1 N–H and O–H groups in total. The van der Waals surface area contributed by atoms with Crippen molar-refractivity contribution in [2.75, 3.05) is 0 Å². The van der Waals surface area contributed by atoms with E-state index >= 15 is 0 Å². The molecule has 1 unspecified atom stereocenters. The molecule has 154 valence electrons. The standard InChI is InChI=1S/C23H25N5O2/c1-15(20-25-26-27-28(20)16-9-5-4-6-10-16)24-21(29)18-13-23(18)14-22(2,3)30-19-12-8-7-11-17(19)23/h4-12,15,18H,13-14H2,1-3H3,(H,24,29)/t15?,18-,23+/m1/s1. The van der Waals surface area contributed by atoms with Crippen molar-refractivity contribution in [3.8, 4) is 11.4 Å². The molecule has 1 aromatic heterocycles. The van der Waals surface area contributed by atoms with Gasteiger partial charge in [-0.15, -0.1) is 5.10 Å².